The van der Waals surface area contributed by atoms with Crippen LogP contribution in [0, 0.1) is 0 Å². The van der Waals surface area contributed by atoms with Gasteiger partial charge >= 0.3 is 29.6 Å². The van der Waals surface area contributed by atoms with Crippen LogP contribution in [0.3, 0.4) is 0 Å². The van der Waals surface area contributed by atoms with Crippen LogP contribution in [0.5, 0.6) is 17.2 Å². The molecule has 0 aliphatic carbocycles. The zero-order chi connectivity index (χ0) is 30.5. The summed E-state index contributed by atoms with van der Waals surface area (Å²) >= 11 is 5.78. The summed E-state index contributed by atoms with van der Waals surface area (Å²) in [6.07, 6.45) is 7.11. The smallest absolute Gasteiger partial charge is 1.00 e. The molecular weight excluding hydrogens is 582 g/mol. The summed E-state index contributed by atoms with van der Waals surface area (Å²) in [6, 6.07) is 17.7. The van der Waals surface area contributed by atoms with E-state index in [1.807, 2.05) is 42.5 Å². The summed E-state index contributed by atoms with van der Waals surface area (Å²) in [5, 5.41) is 9.00. The number of hydrogen-bond donors (Lipinski definition) is 1. The molecule has 0 spiro atoms. The summed E-state index contributed by atoms with van der Waals surface area (Å²) in [5.74, 6) is 3.50. The van der Waals surface area contributed by atoms with Crippen molar-refractivity contribution in [2.75, 3.05) is 0 Å². The fraction of sp³-hybridized carbons (Fsp3) is 0.472. The van der Waals surface area contributed by atoms with Gasteiger partial charge in [-0.3, -0.25) is 4.79 Å². The minimum Gasteiger partial charge on any atom is -1.00 e. The van der Waals surface area contributed by atoms with Crippen LogP contribution in [0.25, 0.3) is 0 Å². The Kier molecular flexibility index (Phi) is 13.9. The average Bonchev–Trinajstić information content (AvgIpc) is 2.96. The standard InChI is InChI=1S/C12H15ClO.C12H16O2.C12H14O2.B.Na.H/c3*1-12(2)6-5-10-7-9(8-13)3-4-11(10)14-12;;;/h3-4,7H,5-6,8H2,1-2H3;3-4,7,13H,5-6,8H2,1-2H3;3-4,7-8H,5-6H2,1-2H3;;;/q;;;;+1;-1. The maximum atomic E-state index is 10.6. The number of aryl methyl sites for hydroxylation is 3. The zero-order valence-electron chi connectivity index (χ0n) is 28.5. The predicted octanol–water partition coefficient (Wildman–Crippen LogP) is 5.15. The van der Waals surface area contributed by atoms with Gasteiger partial charge in [0.05, 0.1) is 6.61 Å². The first-order valence-corrected chi connectivity index (χ1v) is 15.4. The van der Waals surface area contributed by atoms with E-state index in [0.29, 0.717) is 5.88 Å². The number of rotatable bonds is 3. The van der Waals surface area contributed by atoms with Crippen molar-refractivity contribution in [3.63, 3.8) is 0 Å². The molecule has 0 aromatic heterocycles. The first-order valence-electron chi connectivity index (χ1n) is 14.9. The van der Waals surface area contributed by atoms with Crippen molar-refractivity contribution in [1.29, 1.82) is 0 Å². The van der Waals surface area contributed by atoms with E-state index in [1.165, 1.54) is 16.7 Å². The first kappa shape index (κ1) is 38.2. The van der Waals surface area contributed by atoms with Gasteiger partial charge in [0.15, 0.2) is 0 Å². The summed E-state index contributed by atoms with van der Waals surface area (Å²) in [4.78, 5) is 10.6. The number of halogens is 1. The number of aliphatic hydroxyl groups is 1. The van der Waals surface area contributed by atoms with Crippen molar-refractivity contribution in [2.45, 2.75) is 109 Å². The van der Waals surface area contributed by atoms with E-state index >= 15 is 0 Å². The molecule has 0 amide bonds. The van der Waals surface area contributed by atoms with Crippen LogP contribution >= 0.6 is 11.6 Å². The summed E-state index contributed by atoms with van der Waals surface area (Å²) in [7, 11) is 0. The minimum absolute atomic E-state index is 0. The van der Waals surface area contributed by atoms with Crippen molar-refractivity contribution in [3.05, 3.63) is 88.0 Å². The molecule has 1 N–H and O–H groups in total. The molecule has 5 nitrogen and oxygen atoms in total. The van der Waals surface area contributed by atoms with E-state index in [0.717, 1.165) is 78.7 Å². The third-order valence-electron chi connectivity index (χ3n) is 7.96. The Balaban J connectivity index is 0.000000327. The van der Waals surface area contributed by atoms with E-state index in [9.17, 15) is 4.79 Å². The van der Waals surface area contributed by atoms with E-state index in [1.54, 1.807) is 6.07 Å². The van der Waals surface area contributed by atoms with Crippen LogP contribution in [0.4, 0.5) is 0 Å². The second-order valence-corrected chi connectivity index (χ2v) is 13.5. The van der Waals surface area contributed by atoms with E-state index in [2.05, 4.69) is 47.6 Å². The molecule has 0 saturated carbocycles. The molecule has 3 aromatic rings. The van der Waals surface area contributed by atoms with Crippen LogP contribution in [0.1, 0.15) is 100 Å². The average molecular weight is 628 g/mol. The molecule has 44 heavy (non-hydrogen) atoms. The topological polar surface area (TPSA) is 65.0 Å². The van der Waals surface area contributed by atoms with Crippen LogP contribution in [0.15, 0.2) is 54.6 Å². The van der Waals surface area contributed by atoms with E-state index in [-0.39, 0.29) is 62.8 Å². The van der Waals surface area contributed by atoms with Gasteiger partial charge in [0.1, 0.15) is 40.3 Å². The zero-order valence-corrected chi connectivity index (χ0v) is 30.2. The molecule has 3 heterocycles. The molecule has 231 valence electrons. The Labute approximate surface area is 294 Å². The molecule has 3 aliphatic heterocycles. The quantitative estimate of drug-likeness (QED) is 0.247. The molecule has 3 aliphatic rings. The van der Waals surface area contributed by atoms with Gasteiger partial charge in [0.2, 0.25) is 0 Å². The molecule has 6 rings (SSSR count). The SMILES string of the molecule is CC1(C)CCc2cc(C=O)ccc2O1.CC1(C)CCc2cc(CCl)ccc2O1.CC1(C)CCc2cc(CO)ccc2O1.[B].[H-].[Na+]. The maximum absolute atomic E-state index is 10.6. The number of fused-ring (bicyclic) bond motifs is 3. The largest absolute Gasteiger partial charge is 1.00 e. The summed E-state index contributed by atoms with van der Waals surface area (Å²) in [5.41, 5.74) is 6.39. The molecule has 3 aromatic carbocycles. The van der Waals surface area contributed by atoms with Crippen molar-refractivity contribution in [3.8, 4) is 17.2 Å². The van der Waals surface area contributed by atoms with Gasteiger partial charge in [-0.2, -0.15) is 0 Å². The Bertz CT molecular complexity index is 1340. The summed E-state index contributed by atoms with van der Waals surface area (Å²) < 4.78 is 17.5. The predicted molar refractivity (Wildman–Crippen MR) is 176 cm³/mol. The number of carbonyl (C=O) groups is 1. The normalized spacial score (nSPS) is 17.5. The van der Waals surface area contributed by atoms with Gasteiger partial charge < -0.3 is 20.7 Å². The number of ether oxygens (including phenoxy) is 3. The number of alkyl halides is 1. The fourth-order valence-electron chi connectivity index (χ4n) is 5.36. The van der Waals surface area contributed by atoms with Crippen molar-refractivity contribution in [1.82, 2.24) is 0 Å². The van der Waals surface area contributed by atoms with E-state index in [4.69, 9.17) is 30.9 Å². The molecule has 3 radical (unpaired) electrons. The molecular formula is C36H46BClNaO5. The molecule has 0 fully saturated rings. The number of benzene rings is 3. The monoisotopic (exact) mass is 627 g/mol. The minimum atomic E-state index is -0.0737. The molecule has 0 atom stereocenters. The molecule has 0 unspecified atom stereocenters. The fourth-order valence-corrected chi connectivity index (χ4v) is 5.52. The molecule has 0 bridgehead atoms. The number of carbonyl (C=O) groups excluding carboxylic acids is 1. The van der Waals surface area contributed by atoms with Crippen LogP contribution in [-0.2, 0) is 31.7 Å². The Morgan fingerprint density at radius 1 is 0.705 bits per heavy atom. The van der Waals surface area contributed by atoms with Crippen molar-refractivity contribution >= 4 is 26.3 Å². The Morgan fingerprint density at radius 3 is 1.50 bits per heavy atom. The third-order valence-corrected chi connectivity index (χ3v) is 8.26. The second-order valence-electron chi connectivity index (χ2n) is 13.2. The third kappa shape index (κ3) is 10.6. The van der Waals surface area contributed by atoms with Gasteiger partial charge in [-0.05, 0) is 144 Å². The van der Waals surface area contributed by atoms with Gasteiger partial charge in [-0.25, -0.2) is 0 Å². The van der Waals surface area contributed by atoms with Crippen LogP contribution in [0.2, 0.25) is 0 Å². The maximum Gasteiger partial charge on any atom is 1.00 e. The molecule has 8 heteroatoms. The van der Waals surface area contributed by atoms with Gasteiger partial charge in [0, 0.05) is 19.9 Å². The number of hydrogen-bond acceptors (Lipinski definition) is 5. The van der Waals surface area contributed by atoms with Gasteiger partial charge in [0.25, 0.3) is 0 Å². The van der Waals surface area contributed by atoms with Gasteiger partial charge in [-0.1, -0.05) is 18.2 Å². The first-order chi connectivity index (χ1) is 19.8. The Morgan fingerprint density at radius 2 is 1.09 bits per heavy atom. The number of aldehydes is 1. The van der Waals surface area contributed by atoms with Crippen molar-refractivity contribution < 1.29 is 55.1 Å². The molecule has 0 saturated heterocycles. The van der Waals surface area contributed by atoms with Crippen LogP contribution in [-0.4, -0.2) is 36.6 Å². The van der Waals surface area contributed by atoms with E-state index < -0.39 is 0 Å². The number of aliphatic hydroxyl groups excluding tert-OH is 1. The van der Waals surface area contributed by atoms with Gasteiger partial charge in [-0.15, -0.1) is 11.6 Å². The van der Waals surface area contributed by atoms with Crippen LogP contribution < -0.4 is 43.8 Å². The Hall–Kier alpha value is -1.96. The summed E-state index contributed by atoms with van der Waals surface area (Å²) in [6.45, 7) is 12.8. The van der Waals surface area contributed by atoms with Crippen molar-refractivity contribution in [2.24, 2.45) is 0 Å². The second kappa shape index (κ2) is 16.0.